The summed E-state index contributed by atoms with van der Waals surface area (Å²) in [5, 5.41) is 11.4. The lowest BCUT2D eigenvalue weighted by molar-refractivity contribution is -0.137. The molecule has 0 aliphatic heterocycles. The fourth-order valence-electron chi connectivity index (χ4n) is 1.66. The van der Waals surface area contributed by atoms with Crippen LogP contribution in [0.5, 0.6) is 0 Å². The van der Waals surface area contributed by atoms with Crippen LogP contribution in [0.2, 0.25) is 0 Å². The molecule has 0 saturated carbocycles. The molecule has 1 aromatic rings. The maximum Gasteiger partial charge on any atom is 0.317 e. The lowest BCUT2D eigenvalue weighted by atomic mass is 10.3. The first-order chi connectivity index (χ1) is 9.04. The van der Waals surface area contributed by atoms with Gasteiger partial charge in [0.05, 0.1) is 6.42 Å². The van der Waals surface area contributed by atoms with Gasteiger partial charge in [-0.25, -0.2) is 9.78 Å². The molecule has 0 atom stereocenters. The summed E-state index contributed by atoms with van der Waals surface area (Å²) < 4.78 is 1.90. The van der Waals surface area contributed by atoms with Crippen molar-refractivity contribution in [3.63, 3.8) is 0 Å². The summed E-state index contributed by atoms with van der Waals surface area (Å²) in [6.07, 6.45) is 4.16. The van der Waals surface area contributed by atoms with Gasteiger partial charge >= 0.3 is 12.0 Å². The number of carboxylic acids is 1. The highest BCUT2D eigenvalue weighted by Crippen LogP contribution is 1.96. The Labute approximate surface area is 112 Å². The van der Waals surface area contributed by atoms with Crippen LogP contribution in [0.3, 0.4) is 0 Å². The minimum Gasteiger partial charge on any atom is -0.481 e. The van der Waals surface area contributed by atoms with Crippen molar-refractivity contribution in [2.24, 2.45) is 7.05 Å². The normalized spacial score (nSPS) is 10.2. The van der Waals surface area contributed by atoms with Gasteiger partial charge in [0.2, 0.25) is 0 Å². The fraction of sp³-hybridized carbons (Fsp3) is 0.583. The summed E-state index contributed by atoms with van der Waals surface area (Å²) in [5.74, 6) is -0.00635. The zero-order valence-electron chi connectivity index (χ0n) is 11.3. The first kappa shape index (κ1) is 15.0. The SMILES string of the molecule is CCN(CCC(=O)O)C(=O)NCCc1nccn1C. The molecule has 7 nitrogen and oxygen atoms in total. The zero-order chi connectivity index (χ0) is 14.3. The molecule has 0 radical (unpaired) electrons. The Kier molecular flexibility index (Phi) is 5.84. The summed E-state index contributed by atoms with van der Waals surface area (Å²) in [6, 6.07) is -0.238. The second kappa shape index (κ2) is 7.40. The summed E-state index contributed by atoms with van der Waals surface area (Å²) in [6.45, 7) is 3.01. The summed E-state index contributed by atoms with van der Waals surface area (Å²) in [7, 11) is 1.90. The maximum absolute atomic E-state index is 11.8. The molecule has 7 heteroatoms. The number of imidazole rings is 1. The van der Waals surface area contributed by atoms with E-state index in [0.29, 0.717) is 19.5 Å². The van der Waals surface area contributed by atoms with Crippen LogP contribution in [-0.4, -0.2) is 51.2 Å². The molecule has 0 aliphatic rings. The van der Waals surface area contributed by atoms with Gasteiger partial charge in [-0.05, 0) is 6.92 Å². The van der Waals surface area contributed by atoms with Gasteiger partial charge in [0, 0.05) is 45.5 Å². The first-order valence-corrected chi connectivity index (χ1v) is 6.25. The van der Waals surface area contributed by atoms with Crippen molar-refractivity contribution in [3.8, 4) is 0 Å². The molecule has 2 amide bonds. The van der Waals surface area contributed by atoms with E-state index in [9.17, 15) is 9.59 Å². The van der Waals surface area contributed by atoms with Crippen molar-refractivity contribution in [3.05, 3.63) is 18.2 Å². The average molecular weight is 268 g/mol. The van der Waals surface area contributed by atoms with Gasteiger partial charge in [-0.15, -0.1) is 0 Å². The van der Waals surface area contributed by atoms with E-state index in [1.165, 1.54) is 4.90 Å². The Bertz CT molecular complexity index is 430. The number of carbonyl (C=O) groups excluding carboxylic acids is 1. The second-order valence-corrected chi connectivity index (χ2v) is 4.16. The highest BCUT2D eigenvalue weighted by molar-refractivity contribution is 5.75. The monoisotopic (exact) mass is 268 g/mol. The standard InChI is InChI=1S/C12H20N4O3/c1-3-16(8-5-11(17)18)12(19)14-6-4-10-13-7-9-15(10)2/h7,9H,3-6,8H2,1-2H3,(H,14,19)(H,17,18). The van der Waals surface area contributed by atoms with Gasteiger partial charge in [-0.2, -0.15) is 0 Å². The number of carbonyl (C=O) groups is 2. The Morgan fingerprint density at radius 1 is 1.53 bits per heavy atom. The molecule has 0 aromatic carbocycles. The third kappa shape index (κ3) is 4.99. The fourth-order valence-corrected chi connectivity index (χ4v) is 1.66. The number of aryl methyl sites for hydroxylation is 1. The van der Waals surface area contributed by atoms with Crippen LogP contribution in [0, 0.1) is 0 Å². The van der Waals surface area contributed by atoms with Crippen LogP contribution >= 0.6 is 0 Å². The van der Waals surface area contributed by atoms with Crippen molar-refractivity contribution in [1.29, 1.82) is 0 Å². The Hall–Kier alpha value is -2.05. The van der Waals surface area contributed by atoms with E-state index in [4.69, 9.17) is 5.11 Å². The second-order valence-electron chi connectivity index (χ2n) is 4.16. The number of rotatable bonds is 7. The highest BCUT2D eigenvalue weighted by atomic mass is 16.4. The maximum atomic E-state index is 11.8. The Morgan fingerprint density at radius 3 is 2.79 bits per heavy atom. The molecule has 1 heterocycles. The predicted molar refractivity (Wildman–Crippen MR) is 69.8 cm³/mol. The van der Waals surface area contributed by atoms with Crippen LogP contribution in [-0.2, 0) is 18.3 Å². The lowest BCUT2D eigenvalue weighted by Crippen LogP contribution is -2.41. The Balaban J connectivity index is 2.32. The van der Waals surface area contributed by atoms with Gasteiger partial charge in [0.15, 0.2) is 0 Å². The van der Waals surface area contributed by atoms with Crippen molar-refractivity contribution >= 4 is 12.0 Å². The third-order valence-electron chi connectivity index (χ3n) is 2.81. The minimum absolute atomic E-state index is 0.0410. The number of nitrogens with one attached hydrogen (secondary N) is 1. The zero-order valence-corrected chi connectivity index (χ0v) is 11.3. The topological polar surface area (TPSA) is 87.5 Å². The molecular weight excluding hydrogens is 248 g/mol. The van der Waals surface area contributed by atoms with Crippen molar-refractivity contribution in [2.75, 3.05) is 19.6 Å². The van der Waals surface area contributed by atoms with Gasteiger partial charge < -0.3 is 19.9 Å². The Morgan fingerprint density at radius 2 is 2.26 bits per heavy atom. The summed E-state index contributed by atoms with van der Waals surface area (Å²) in [5.41, 5.74) is 0. The van der Waals surface area contributed by atoms with E-state index >= 15 is 0 Å². The first-order valence-electron chi connectivity index (χ1n) is 6.25. The smallest absolute Gasteiger partial charge is 0.317 e. The number of nitrogens with zero attached hydrogens (tertiary/aromatic N) is 3. The third-order valence-corrected chi connectivity index (χ3v) is 2.81. The van der Waals surface area contributed by atoms with Gasteiger partial charge in [0.25, 0.3) is 0 Å². The van der Waals surface area contributed by atoms with E-state index in [1.807, 2.05) is 24.7 Å². The number of hydrogen-bond acceptors (Lipinski definition) is 3. The number of carboxylic acid groups (broad SMARTS) is 1. The summed E-state index contributed by atoms with van der Waals surface area (Å²) >= 11 is 0. The van der Waals surface area contributed by atoms with E-state index in [0.717, 1.165) is 5.82 Å². The summed E-state index contributed by atoms with van der Waals surface area (Å²) in [4.78, 5) is 27.9. The quantitative estimate of drug-likeness (QED) is 0.752. The van der Waals surface area contributed by atoms with E-state index in [-0.39, 0.29) is 19.0 Å². The lowest BCUT2D eigenvalue weighted by Gasteiger charge is -2.20. The number of aromatic nitrogens is 2. The molecule has 0 spiro atoms. The molecule has 1 aromatic heterocycles. The van der Waals surface area contributed by atoms with Crippen molar-refractivity contribution < 1.29 is 14.7 Å². The number of urea groups is 1. The van der Waals surface area contributed by atoms with Crippen LogP contribution in [0.25, 0.3) is 0 Å². The van der Waals surface area contributed by atoms with Crippen LogP contribution in [0.15, 0.2) is 12.4 Å². The van der Waals surface area contributed by atoms with Crippen LogP contribution in [0.4, 0.5) is 4.79 Å². The number of aliphatic carboxylic acids is 1. The van der Waals surface area contributed by atoms with Crippen LogP contribution < -0.4 is 5.32 Å². The highest BCUT2D eigenvalue weighted by Gasteiger charge is 2.12. The van der Waals surface area contributed by atoms with Crippen LogP contribution in [0.1, 0.15) is 19.2 Å². The van der Waals surface area contributed by atoms with Gasteiger partial charge in [-0.1, -0.05) is 0 Å². The van der Waals surface area contributed by atoms with Crippen molar-refractivity contribution in [2.45, 2.75) is 19.8 Å². The average Bonchev–Trinajstić information content (AvgIpc) is 2.75. The molecule has 0 aliphatic carbocycles. The van der Waals surface area contributed by atoms with E-state index in [2.05, 4.69) is 10.3 Å². The molecule has 0 unspecified atom stereocenters. The minimum atomic E-state index is -0.903. The molecule has 0 saturated heterocycles. The number of hydrogen-bond donors (Lipinski definition) is 2. The molecule has 2 N–H and O–H groups in total. The predicted octanol–water partition coefficient (Wildman–Crippen LogP) is 0.469. The molecule has 0 bridgehead atoms. The van der Waals surface area contributed by atoms with E-state index < -0.39 is 5.97 Å². The van der Waals surface area contributed by atoms with Gasteiger partial charge in [-0.3, -0.25) is 4.79 Å². The number of amides is 2. The molecule has 1 rings (SSSR count). The molecule has 106 valence electrons. The molecular formula is C12H20N4O3. The van der Waals surface area contributed by atoms with Crippen molar-refractivity contribution in [1.82, 2.24) is 19.8 Å². The molecule has 0 fully saturated rings. The van der Waals surface area contributed by atoms with Gasteiger partial charge in [0.1, 0.15) is 5.82 Å². The van der Waals surface area contributed by atoms with E-state index in [1.54, 1.807) is 6.20 Å². The molecule has 19 heavy (non-hydrogen) atoms. The largest absolute Gasteiger partial charge is 0.481 e.